The van der Waals surface area contributed by atoms with Gasteiger partial charge in [0.15, 0.2) is 0 Å². The molecule has 1 aromatic rings. The lowest BCUT2D eigenvalue weighted by Gasteiger charge is -2.28. The molecule has 2 rings (SSSR count). The van der Waals surface area contributed by atoms with Gasteiger partial charge in [0.2, 0.25) is 11.8 Å². The van der Waals surface area contributed by atoms with E-state index in [-0.39, 0.29) is 18.4 Å². The number of carbonyl (C=O) groups excluding carboxylic acids is 2. The molecule has 1 atom stereocenters. The Morgan fingerprint density at radius 2 is 2.24 bits per heavy atom. The van der Waals surface area contributed by atoms with E-state index in [0.717, 1.165) is 5.69 Å². The zero-order valence-electron chi connectivity index (χ0n) is 9.72. The van der Waals surface area contributed by atoms with Crippen LogP contribution in [0.15, 0.2) is 18.2 Å². The predicted molar refractivity (Wildman–Crippen MR) is 61.7 cm³/mol. The molecular weight excluding hydrogens is 218 g/mol. The van der Waals surface area contributed by atoms with E-state index in [9.17, 15) is 9.59 Å². The van der Waals surface area contributed by atoms with E-state index in [1.807, 2.05) is 19.1 Å². The van der Waals surface area contributed by atoms with Gasteiger partial charge < -0.3 is 5.73 Å². The molecule has 0 bridgehead atoms. The number of rotatable bonds is 2. The Hall–Kier alpha value is -1.75. The fraction of sp³-hybridized carbons (Fsp3) is 0.417. The van der Waals surface area contributed by atoms with Crippen LogP contribution in [0.3, 0.4) is 0 Å². The third kappa shape index (κ3) is 2.50. The van der Waals surface area contributed by atoms with Crippen molar-refractivity contribution in [3.8, 4) is 0 Å². The van der Waals surface area contributed by atoms with Crippen molar-refractivity contribution in [1.82, 2.24) is 9.88 Å². The topological polar surface area (TPSA) is 76.3 Å². The molecule has 2 heterocycles. The van der Waals surface area contributed by atoms with Gasteiger partial charge in [-0.05, 0) is 25.5 Å². The van der Waals surface area contributed by atoms with Crippen molar-refractivity contribution in [2.24, 2.45) is 5.73 Å². The molecule has 1 aromatic heterocycles. The molecule has 1 saturated heterocycles. The molecule has 0 spiro atoms. The lowest BCUT2D eigenvalue weighted by molar-refractivity contribution is -0.150. The van der Waals surface area contributed by atoms with Crippen molar-refractivity contribution in [1.29, 1.82) is 0 Å². The smallest absolute Gasteiger partial charge is 0.246 e. The number of aryl methyl sites for hydroxylation is 1. The highest BCUT2D eigenvalue weighted by molar-refractivity contribution is 6.00. The summed E-state index contributed by atoms with van der Waals surface area (Å²) in [4.78, 5) is 28.9. The maximum absolute atomic E-state index is 11.8. The van der Waals surface area contributed by atoms with Crippen molar-refractivity contribution < 1.29 is 9.59 Å². The van der Waals surface area contributed by atoms with Gasteiger partial charge in [0.05, 0.1) is 18.3 Å². The van der Waals surface area contributed by atoms with E-state index in [0.29, 0.717) is 18.5 Å². The van der Waals surface area contributed by atoms with Crippen molar-refractivity contribution >= 4 is 11.8 Å². The molecule has 5 nitrogen and oxygen atoms in total. The summed E-state index contributed by atoms with van der Waals surface area (Å²) in [7, 11) is 0. The first kappa shape index (κ1) is 11.7. The second-order valence-corrected chi connectivity index (χ2v) is 4.23. The number of pyridine rings is 1. The Morgan fingerprint density at radius 1 is 1.47 bits per heavy atom. The number of aromatic nitrogens is 1. The molecule has 1 aliphatic rings. The third-order valence-electron chi connectivity index (χ3n) is 2.82. The number of piperidine rings is 1. The predicted octanol–water partition coefficient (Wildman–Crippen LogP) is 0.366. The SMILES string of the molecule is Cc1cccc(CN2C(=O)CCC(N)C2=O)n1. The van der Waals surface area contributed by atoms with Crippen LogP contribution in [0, 0.1) is 6.92 Å². The standard InChI is InChI=1S/C12H15N3O2/c1-8-3-2-4-9(14-8)7-15-11(16)6-5-10(13)12(15)17/h2-4,10H,5-7,13H2,1H3. The number of likely N-dealkylation sites (tertiary alicyclic amines) is 1. The van der Waals surface area contributed by atoms with Crippen LogP contribution < -0.4 is 5.73 Å². The third-order valence-corrected chi connectivity index (χ3v) is 2.82. The first-order chi connectivity index (χ1) is 8.08. The van der Waals surface area contributed by atoms with Gasteiger partial charge in [-0.2, -0.15) is 0 Å². The molecule has 1 aliphatic heterocycles. The first-order valence-electron chi connectivity index (χ1n) is 5.60. The molecule has 17 heavy (non-hydrogen) atoms. The fourth-order valence-corrected chi connectivity index (χ4v) is 1.88. The molecular formula is C12H15N3O2. The van der Waals surface area contributed by atoms with Crippen LogP contribution in [-0.4, -0.2) is 27.7 Å². The highest BCUT2D eigenvalue weighted by atomic mass is 16.2. The maximum atomic E-state index is 11.8. The Morgan fingerprint density at radius 3 is 2.94 bits per heavy atom. The van der Waals surface area contributed by atoms with Crippen molar-refractivity contribution in [2.75, 3.05) is 0 Å². The van der Waals surface area contributed by atoms with Crippen molar-refractivity contribution in [3.05, 3.63) is 29.6 Å². The second-order valence-electron chi connectivity index (χ2n) is 4.23. The highest BCUT2D eigenvalue weighted by Gasteiger charge is 2.32. The van der Waals surface area contributed by atoms with Crippen LogP contribution in [0.2, 0.25) is 0 Å². The summed E-state index contributed by atoms with van der Waals surface area (Å²) in [5, 5.41) is 0. The summed E-state index contributed by atoms with van der Waals surface area (Å²) in [6.45, 7) is 2.09. The molecule has 90 valence electrons. The maximum Gasteiger partial charge on any atom is 0.246 e. The molecule has 0 aliphatic carbocycles. The molecule has 0 aromatic carbocycles. The van der Waals surface area contributed by atoms with Gasteiger partial charge in [-0.15, -0.1) is 0 Å². The lowest BCUT2D eigenvalue weighted by Crippen LogP contribution is -2.50. The molecule has 2 N–H and O–H groups in total. The van der Waals surface area contributed by atoms with Crippen LogP contribution >= 0.6 is 0 Å². The summed E-state index contributed by atoms with van der Waals surface area (Å²) >= 11 is 0. The van der Waals surface area contributed by atoms with E-state index < -0.39 is 6.04 Å². The number of hydrogen-bond acceptors (Lipinski definition) is 4. The van der Waals surface area contributed by atoms with Gasteiger partial charge in [-0.25, -0.2) is 0 Å². The molecule has 0 saturated carbocycles. The van der Waals surface area contributed by atoms with Gasteiger partial charge in [0.25, 0.3) is 0 Å². The van der Waals surface area contributed by atoms with Crippen molar-refractivity contribution in [2.45, 2.75) is 32.4 Å². The van der Waals surface area contributed by atoms with E-state index in [1.165, 1.54) is 4.90 Å². The van der Waals surface area contributed by atoms with Gasteiger partial charge in [-0.1, -0.05) is 6.07 Å². The van der Waals surface area contributed by atoms with Crippen LogP contribution in [-0.2, 0) is 16.1 Å². The Labute approximate surface area is 99.6 Å². The zero-order chi connectivity index (χ0) is 12.4. The minimum atomic E-state index is -0.558. The van der Waals surface area contributed by atoms with Crippen LogP contribution in [0.25, 0.3) is 0 Å². The average Bonchev–Trinajstić information content (AvgIpc) is 2.30. The molecule has 1 fully saturated rings. The average molecular weight is 233 g/mol. The van der Waals surface area contributed by atoms with Gasteiger partial charge in [0.1, 0.15) is 0 Å². The summed E-state index contributed by atoms with van der Waals surface area (Å²) in [6, 6.07) is 4.97. The summed E-state index contributed by atoms with van der Waals surface area (Å²) in [5.41, 5.74) is 7.22. The van der Waals surface area contributed by atoms with E-state index in [2.05, 4.69) is 4.98 Å². The lowest BCUT2D eigenvalue weighted by atomic mass is 10.0. The Bertz CT molecular complexity index is 459. The monoisotopic (exact) mass is 233 g/mol. The minimum absolute atomic E-state index is 0.167. The van der Waals surface area contributed by atoms with Crippen LogP contribution in [0.1, 0.15) is 24.2 Å². The zero-order valence-corrected chi connectivity index (χ0v) is 9.72. The van der Waals surface area contributed by atoms with Crippen LogP contribution in [0.5, 0.6) is 0 Å². The van der Waals surface area contributed by atoms with Crippen LogP contribution in [0.4, 0.5) is 0 Å². The Kier molecular flexibility index (Phi) is 3.19. The summed E-state index contributed by atoms with van der Waals surface area (Å²) in [5.74, 6) is -0.468. The second kappa shape index (κ2) is 4.63. The normalized spacial score (nSPS) is 20.8. The number of hydrogen-bond donors (Lipinski definition) is 1. The number of imide groups is 1. The van der Waals surface area contributed by atoms with Gasteiger partial charge >= 0.3 is 0 Å². The number of nitrogens with two attached hydrogens (primary N) is 1. The van der Waals surface area contributed by atoms with E-state index >= 15 is 0 Å². The largest absolute Gasteiger partial charge is 0.320 e. The molecule has 2 amide bonds. The molecule has 5 heteroatoms. The van der Waals surface area contributed by atoms with E-state index in [4.69, 9.17) is 5.73 Å². The van der Waals surface area contributed by atoms with E-state index in [1.54, 1.807) is 6.07 Å². The first-order valence-corrected chi connectivity index (χ1v) is 5.60. The molecule has 1 unspecified atom stereocenters. The number of carbonyl (C=O) groups is 2. The summed E-state index contributed by atoms with van der Waals surface area (Å²) < 4.78 is 0. The van der Waals surface area contributed by atoms with Gasteiger partial charge in [-0.3, -0.25) is 19.5 Å². The number of amides is 2. The van der Waals surface area contributed by atoms with Gasteiger partial charge in [0, 0.05) is 12.1 Å². The Balaban J connectivity index is 2.16. The molecule has 0 radical (unpaired) electrons. The summed E-state index contributed by atoms with van der Waals surface area (Å²) in [6.07, 6.45) is 0.772. The quantitative estimate of drug-likeness (QED) is 0.748. The fourth-order valence-electron chi connectivity index (χ4n) is 1.88. The van der Waals surface area contributed by atoms with Crippen molar-refractivity contribution in [3.63, 3.8) is 0 Å². The minimum Gasteiger partial charge on any atom is -0.320 e. The number of nitrogens with zero attached hydrogens (tertiary/aromatic N) is 2. The highest BCUT2D eigenvalue weighted by Crippen LogP contribution is 2.14.